The van der Waals surface area contributed by atoms with Crippen LogP contribution >= 0.6 is 11.5 Å². The number of rotatable bonds is 1. The molecule has 1 N–H and O–H groups in total. The first-order chi connectivity index (χ1) is 6.18. The summed E-state index contributed by atoms with van der Waals surface area (Å²) in [5, 5.41) is 8.70. The molecular weight excluding hydrogens is 188 g/mol. The summed E-state index contributed by atoms with van der Waals surface area (Å²) in [5.41, 5.74) is 1.84. The van der Waals surface area contributed by atoms with Crippen molar-refractivity contribution in [3.63, 3.8) is 0 Å². The number of pyridine rings is 1. The van der Waals surface area contributed by atoms with Crippen molar-refractivity contribution in [3.05, 3.63) is 23.5 Å². The van der Waals surface area contributed by atoms with E-state index >= 15 is 0 Å². The number of carbonyl (C=O) groups is 1. The summed E-state index contributed by atoms with van der Waals surface area (Å²) in [7, 11) is 0. The lowest BCUT2D eigenvalue weighted by atomic mass is 10.2. The number of hydrogen-bond donors (Lipinski definition) is 1. The normalized spacial score (nSPS) is 10.5. The molecule has 2 aromatic heterocycles. The Hall–Kier alpha value is -1.49. The van der Waals surface area contributed by atoms with Gasteiger partial charge in [-0.25, -0.2) is 4.79 Å². The molecular formula is C8H6N2O2S. The summed E-state index contributed by atoms with van der Waals surface area (Å²) < 4.78 is 4.90. The van der Waals surface area contributed by atoms with Crippen molar-refractivity contribution < 1.29 is 9.90 Å². The lowest BCUT2D eigenvalue weighted by Crippen LogP contribution is -1.96. The van der Waals surface area contributed by atoms with Crippen LogP contribution in [0.25, 0.3) is 10.2 Å². The highest BCUT2D eigenvalue weighted by atomic mass is 32.1. The van der Waals surface area contributed by atoms with E-state index in [0.29, 0.717) is 0 Å². The summed E-state index contributed by atoms with van der Waals surface area (Å²) in [5.74, 6) is -0.958. The van der Waals surface area contributed by atoms with Crippen molar-refractivity contribution in [2.45, 2.75) is 6.92 Å². The maximum Gasteiger partial charge on any atom is 0.337 e. The van der Waals surface area contributed by atoms with E-state index in [1.165, 1.54) is 17.7 Å². The van der Waals surface area contributed by atoms with Gasteiger partial charge in [0.1, 0.15) is 5.52 Å². The summed E-state index contributed by atoms with van der Waals surface area (Å²) in [6.07, 6.45) is 1.35. The maximum atomic E-state index is 10.6. The van der Waals surface area contributed by atoms with Gasteiger partial charge in [0.2, 0.25) is 0 Å². The van der Waals surface area contributed by atoms with Crippen LogP contribution in [0.3, 0.4) is 0 Å². The minimum absolute atomic E-state index is 0.205. The van der Waals surface area contributed by atoms with E-state index in [0.717, 1.165) is 15.9 Å². The monoisotopic (exact) mass is 194 g/mol. The highest BCUT2D eigenvalue weighted by molar-refractivity contribution is 7.13. The quantitative estimate of drug-likeness (QED) is 0.750. The number of aromatic nitrogens is 2. The van der Waals surface area contributed by atoms with Crippen LogP contribution < -0.4 is 0 Å². The third-order valence-electron chi connectivity index (χ3n) is 1.72. The van der Waals surface area contributed by atoms with Crippen LogP contribution in [0.5, 0.6) is 0 Å². The predicted octanol–water partition coefficient (Wildman–Crippen LogP) is 1.70. The highest BCUT2D eigenvalue weighted by Crippen LogP contribution is 2.20. The summed E-state index contributed by atoms with van der Waals surface area (Å²) >= 11 is 1.27. The van der Waals surface area contributed by atoms with Crippen LogP contribution in [0.4, 0.5) is 0 Å². The smallest absolute Gasteiger partial charge is 0.337 e. The van der Waals surface area contributed by atoms with Gasteiger partial charge in [0.25, 0.3) is 0 Å². The summed E-state index contributed by atoms with van der Waals surface area (Å²) in [4.78, 5) is 14.6. The van der Waals surface area contributed by atoms with Gasteiger partial charge in [-0.05, 0) is 24.5 Å². The topological polar surface area (TPSA) is 63.1 Å². The van der Waals surface area contributed by atoms with Gasteiger partial charge >= 0.3 is 5.97 Å². The van der Waals surface area contributed by atoms with Crippen molar-refractivity contribution >= 4 is 27.7 Å². The fraction of sp³-hybridized carbons (Fsp3) is 0.125. The lowest BCUT2D eigenvalue weighted by molar-refractivity contribution is 0.0696. The molecule has 0 aromatic carbocycles. The van der Waals surface area contributed by atoms with E-state index in [9.17, 15) is 4.79 Å². The van der Waals surface area contributed by atoms with E-state index in [1.807, 2.05) is 6.92 Å². The van der Waals surface area contributed by atoms with Gasteiger partial charge in [-0.15, -0.1) is 0 Å². The fourth-order valence-electron chi connectivity index (χ4n) is 1.06. The van der Waals surface area contributed by atoms with Crippen molar-refractivity contribution in [2.75, 3.05) is 0 Å². The highest BCUT2D eigenvalue weighted by Gasteiger charge is 2.07. The van der Waals surface area contributed by atoms with Crippen LogP contribution in [0.1, 0.15) is 16.1 Å². The van der Waals surface area contributed by atoms with E-state index < -0.39 is 5.97 Å². The molecule has 0 radical (unpaired) electrons. The molecule has 4 nitrogen and oxygen atoms in total. The number of aromatic carboxylic acids is 1. The van der Waals surface area contributed by atoms with Gasteiger partial charge in [-0.1, -0.05) is 0 Å². The second kappa shape index (κ2) is 2.77. The molecule has 0 aliphatic carbocycles. The molecule has 5 heteroatoms. The lowest BCUT2D eigenvalue weighted by Gasteiger charge is -1.92. The van der Waals surface area contributed by atoms with Crippen molar-refractivity contribution in [2.24, 2.45) is 0 Å². The molecule has 0 saturated carbocycles. The molecule has 0 bridgehead atoms. The van der Waals surface area contributed by atoms with Gasteiger partial charge in [0, 0.05) is 6.20 Å². The van der Waals surface area contributed by atoms with Crippen molar-refractivity contribution in [1.82, 2.24) is 9.36 Å². The number of nitrogens with zero attached hydrogens (tertiary/aromatic N) is 2. The maximum absolute atomic E-state index is 10.6. The summed E-state index contributed by atoms with van der Waals surface area (Å²) in [6, 6.07) is 1.59. The van der Waals surface area contributed by atoms with Gasteiger partial charge in [0.15, 0.2) is 0 Å². The van der Waals surface area contributed by atoms with E-state index in [-0.39, 0.29) is 5.56 Å². The first-order valence-corrected chi connectivity index (χ1v) is 4.41. The van der Waals surface area contributed by atoms with Crippen LogP contribution in [0.2, 0.25) is 0 Å². The summed E-state index contributed by atoms with van der Waals surface area (Å²) in [6.45, 7) is 1.85. The Balaban J connectivity index is 2.70. The van der Waals surface area contributed by atoms with Crippen molar-refractivity contribution in [1.29, 1.82) is 0 Å². The molecule has 2 aromatic rings. The van der Waals surface area contributed by atoms with E-state index in [2.05, 4.69) is 9.36 Å². The standard InChI is InChI=1S/C8H6N2O2S/c1-4-7-6(13-10-4)2-5(3-9-7)8(11)12/h2-3H,1H3,(H,11,12). The average Bonchev–Trinajstić information content (AvgIpc) is 2.47. The molecule has 0 atom stereocenters. The van der Waals surface area contributed by atoms with Crippen LogP contribution in [0.15, 0.2) is 12.3 Å². The fourth-order valence-corrected chi connectivity index (χ4v) is 1.85. The Morgan fingerprint density at radius 3 is 3.08 bits per heavy atom. The largest absolute Gasteiger partial charge is 0.478 e. The van der Waals surface area contributed by atoms with Gasteiger partial charge in [-0.3, -0.25) is 4.98 Å². The zero-order valence-electron chi connectivity index (χ0n) is 6.81. The Morgan fingerprint density at radius 1 is 1.62 bits per heavy atom. The molecule has 0 aliphatic rings. The average molecular weight is 194 g/mol. The zero-order chi connectivity index (χ0) is 9.42. The predicted molar refractivity (Wildman–Crippen MR) is 49.1 cm³/mol. The molecule has 0 saturated heterocycles. The van der Waals surface area contributed by atoms with Crippen LogP contribution in [-0.4, -0.2) is 20.4 Å². The molecule has 0 fully saturated rings. The second-order valence-corrected chi connectivity index (χ2v) is 3.45. The number of carboxylic acids is 1. The second-order valence-electron chi connectivity index (χ2n) is 2.64. The number of hydrogen-bond acceptors (Lipinski definition) is 4. The molecule has 0 amide bonds. The van der Waals surface area contributed by atoms with E-state index in [1.54, 1.807) is 6.07 Å². The molecule has 0 unspecified atom stereocenters. The zero-order valence-corrected chi connectivity index (χ0v) is 7.63. The first-order valence-electron chi connectivity index (χ1n) is 3.64. The SMILES string of the molecule is Cc1nsc2cc(C(=O)O)cnc12. The third-order valence-corrected chi connectivity index (χ3v) is 2.60. The van der Waals surface area contributed by atoms with Gasteiger partial charge in [0.05, 0.1) is 16.0 Å². The third kappa shape index (κ3) is 1.27. The molecule has 0 aliphatic heterocycles. The molecule has 13 heavy (non-hydrogen) atoms. The molecule has 0 spiro atoms. The molecule has 2 rings (SSSR count). The van der Waals surface area contributed by atoms with Gasteiger partial charge < -0.3 is 5.11 Å². The Morgan fingerprint density at radius 2 is 2.38 bits per heavy atom. The van der Waals surface area contributed by atoms with E-state index in [4.69, 9.17) is 5.11 Å². The van der Waals surface area contributed by atoms with Crippen molar-refractivity contribution in [3.8, 4) is 0 Å². The van der Waals surface area contributed by atoms with Crippen LogP contribution in [0, 0.1) is 6.92 Å². The molecule has 66 valence electrons. The Bertz CT molecular complexity index is 478. The number of carboxylic acid groups (broad SMARTS) is 1. The molecule has 2 heterocycles. The first kappa shape index (κ1) is 8.12. The minimum atomic E-state index is -0.958. The minimum Gasteiger partial charge on any atom is -0.478 e. The Labute approximate surface area is 78.0 Å². The van der Waals surface area contributed by atoms with Gasteiger partial charge in [-0.2, -0.15) is 4.37 Å². The van der Waals surface area contributed by atoms with Crippen LogP contribution in [-0.2, 0) is 0 Å². The number of aryl methyl sites for hydroxylation is 1. The Kier molecular flexibility index (Phi) is 1.73. The number of fused-ring (bicyclic) bond motifs is 1.